The van der Waals surface area contributed by atoms with Crippen LogP contribution in [0.4, 0.5) is 0 Å². The van der Waals surface area contributed by atoms with Gasteiger partial charge in [0.15, 0.2) is 12.2 Å². The number of esters is 4. The van der Waals surface area contributed by atoms with E-state index in [4.69, 9.17) is 37.0 Å². The molecular formula is C73H142O17P2. The molecule has 19 heteroatoms. The first-order valence-electron chi connectivity index (χ1n) is 37.8. The zero-order valence-electron chi connectivity index (χ0n) is 60.0. The third-order valence-corrected chi connectivity index (χ3v) is 18.8. The number of hydrogen-bond donors (Lipinski definition) is 3. The molecule has 0 bridgehead atoms. The van der Waals surface area contributed by atoms with Gasteiger partial charge in [0.2, 0.25) is 0 Å². The summed E-state index contributed by atoms with van der Waals surface area (Å²) in [6, 6.07) is 0. The maximum atomic E-state index is 13.1. The van der Waals surface area contributed by atoms with Crippen LogP contribution in [-0.2, 0) is 65.4 Å². The molecule has 0 heterocycles. The summed E-state index contributed by atoms with van der Waals surface area (Å²) in [7, 11) is -9.91. The molecule has 0 aromatic heterocycles. The number of phosphoric acid groups is 2. The Morgan fingerprint density at radius 1 is 0.293 bits per heavy atom. The first-order valence-corrected chi connectivity index (χ1v) is 40.8. The van der Waals surface area contributed by atoms with Gasteiger partial charge in [-0.1, -0.05) is 318 Å². The van der Waals surface area contributed by atoms with Gasteiger partial charge in [-0.05, 0) is 43.4 Å². The van der Waals surface area contributed by atoms with Crippen LogP contribution in [0.3, 0.4) is 0 Å². The van der Waals surface area contributed by atoms with Gasteiger partial charge in [-0.15, -0.1) is 0 Å². The van der Waals surface area contributed by atoms with Gasteiger partial charge in [-0.3, -0.25) is 37.3 Å². The van der Waals surface area contributed by atoms with Gasteiger partial charge < -0.3 is 33.8 Å². The summed E-state index contributed by atoms with van der Waals surface area (Å²) in [5.41, 5.74) is 0. The minimum absolute atomic E-state index is 0.104. The molecule has 2 unspecified atom stereocenters. The summed E-state index contributed by atoms with van der Waals surface area (Å²) in [4.78, 5) is 72.6. The van der Waals surface area contributed by atoms with Crippen molar-refractivity contribution in [3.05, 3.63) is 0 Å². The lowest BCUT2D eigenvalue weighted by Crippen LogP contribution is -2.30. The van der Waals surface area contributed by atoms with Gasteiger partial charge in [0.25, 0.3) is 0 Å². The lowest BCUT2D eigenvalue weighted by atomic mass is 10.0. The molecule has 0 radical (unpaired) electrons. The second-order valence-electron chi connectivity index (χ2n) is 27.8. The Labute approximate surface area is 562 Å². The molecule has 0 aliphatic carbocycles. The third-order valence-electron chi connectivity index (χ3n) is 16.9. The van der Waals surface area contributed by atoms with Crippen LogP contribution in [-0.4, -0.2) is 96.7 Å². The Kier molecular flexibility index (Phi) is 62.4. The number of aliphatic hydroxyl groups is 1. The summed E-state index contributed by atoms with van der Waals surface area (Å²) < 4.78 is 68.4. The summed E-state index contributed by atoms with van der Waals surface area (Å²) in [6.07, 6.45) is 48.7. The van der Waals surface area contributed by atoms with Gasteiger partial charge in [0, 0.05) is 25.7 Å². The van der Waals surface area contributed by atoms with E-state index in [1.54, 1.807) is 0 Å². The fourth-order valence-corrected chi connectivity index (χ4v) is 12.7. The summed E-state index contributed by atoms with van der Waals surface area (Å²) in [6.45, 7) is 11.8. The average Bonchev–Trinajstić information content (AvgIpc) is 1.65. The highest BCUT2D eigenvalue weighted by Crippen LogP contribution is 2.45. The van der Waals surface area contributed by atoms with Crippen LogP contribution in [0.25, 0.3) is 0 Å². The fourth-order valence-electron chi connectivity index (χ4n) is 11.1. The first-order chi connectivity index (χ1) is 44.2. The number of carbonyl (C=O) groups excluding carboxylic acids is 4. The van der Waals surface area contributed by atoms with E-state index in [-0.39, 0.29) is 25.7 Å². The van der Waals surface area contributed by atoms with Crippen LogP contribution >= 0.6 is 15.6 Å². The molecule has 0 amide bonds. The Balaban J connectivity index is 5.24. The maximum Gasteiger partial charge on any atom is 0.472 e. The Morgan fingerprint density at radius 2 is 0.500 bits per heavy atom. The number of rotatable bonds is 71. The smallest absolute Gasteiger partial charge is 0.462 e. The highest BCUT2D eigenvalue weighted by atomic mass is 31.2. The highest BCUT2D eigenvalue weighted by Gasteiger charge is 2.30. The molecule has 0 spiro atoms. The Hall–Kier alpha value is -1.94. The van der Waals surface area contributed by atoms with Crippen LogP contribution < -0.4 is 0 Å². The zero-order valence-corrected chi connectivity index (χ0v) is 61.8. The summed E-state index contributed by atoms with van der Waals surface area (Å²) in [5, 5.41) is 10.6. The molecule has 546 valence electrons. The van der Waals surface area contributed by atoms with E-state index < -0.39 is 97.5 Å². The largest absolute Gasteiger partial charge is 0.472 e. The molecule has 0 fully saturated rings. The molecule has 0 saturated carbocycles. The molecule has 0 aromatic carbocycles. The van der Waals surface area contributed by atoms with E-state index in [1.165, 1.54) is 173 Å². The van der Waals surface area contributed by atoms with Gasteiger partial charge in [0.1, 0.15) is 19.3 Å². The normalized spacial score (nSPS) is 14.1. The van der Waals surface area contributed by atoms with E-state index in [2.05, 4.69) is 48.5 Å². The van der Waals surface area contributed by atoms with Crippen molar-refractivity contribution < 1.29 is 80.2 Å². The van der Waals surface area contributed by atoms with E-state index in [1.807, 2.05) is 0 Å². The van der Waals surface area contributed by atoms with Gasteiger partial charge >= 0.3 is 39.5 Å². The van der Waals surface area contributed by atoms with Gasteiger partial charge in [-0.2, -0.15) is 0 Å². The third kappa shape index (κ3) is 66.7. The van der Waals surface area contributed by atoms with Crippen molar-refractivity contribution in [3.63, 3.8) is 0 Å². The van der Waals surface area contributed by atoms with Gasteiger partial charge in [-0.25, -0.2) is 9.13 Å². The van der Waals surface area contributed by atoms with Crippen LogP contribution in [0.2, 0.25) is 0 Å². The predicted octanol–water partition coefficient (Wildman–Crippen LogP) is 21.0. The van der Waals surface area contributed by atoms with E-state index in [0.29, 0.717) is 31.6 Å². The Bertz CT molecular complexity index is 1800. The molecule has 92 heavy (non-hydrogen) atoms. The molecule has 0 rings (SSSR count). The molecule has 0 saturated heterocycles. The standard InChI is InChI=1S/C73H142O17P2/c1-8-9-10-11-12-13-14-15-16-17-18-19-22-28-33-42-49-56-72(77)89-68(60-83-70(75)54-47-40-32-27-23-20-21-25-30-37-44-51-64(2)3)62-87-91(79,80)85-58-67(74)59-86-92(81,82)88-63-69(61-84-71(76)55-48-41-36-35-39-46-53-66(6)7)90-73(78)57-50-43-34-29-24-26-31-38-45-52-65(4)5/h64-69,74H,8-63H2,1-7H3,(H,79,80)(H,81,82)/t67-,68-,69-/m1/s1. The number of phosphoric ester groups is 2. The van der Waals surface area contributed by atoms with E-state index in [0.717, 1.165) is 108 Å². The van der Waals surface area contributed by atoms with Crippen molar-refractivity contribution in [2.45, 2.75) is 388 Å². The number of hydrogen-bond acceptors (Lipinski definition) is 15. The molecule has 3 N–H and O–H groups in total. The van der Waals surface area contributed by atoms with Gasteiger partial charge in [0.05, 0.1) is 26.4 Å². The van der Waals surface area contributed by atoms with E-state index in [9.17, 15) is 43.2 Å². The SMILES string of the molecule is CCCCCCCCCCCCCCCCCCCC(=O)O[C@H](COC(=O)CCCCCCCCCCCCCC(C)C)COP(=O)(O)OC[C@@H](O)COP(=O)(O)OC[C@@H](COC(=O)CCCCCCCCC(C)C)OC(=O)CCCCCCCCCCCC(C)C. The number of aliphatic hydroxyl groups excluding tert-OH is 1. The quantitative estimate of drug-likeness (QED) is 0.0222. The lowest BCUT2D eigenvalue weighted by molar-refractivity contribution is -0.161. The molecule has 17 nitrogen and oxygen atoms in total. The second kappa shape index (κ2) is 63.8. The molecule has 5 atom stereocenters. The molecule has 0 aliphatic heterocycles. The molecular weight excluding hydrogens is 1210 g/mol. The number of unbranched alkanes of at least 4 members (excludes halogenated alkanes) is 39. The first kappa shape index (κ1) is 90.1. The monoisotopic (exact) mass is 1350 g/mol. The average molecular weight is 1350 g/mol. The molecule has 0 aromatic rings. The lowest BCUT2D eigenvalue weighted by Gasteiger charge is -2.21. The van der Waals surface area contributed by atoms with Crippen LogP contribution in [0.1, 0.15) is 370 Å². The second-order valence-corrected chi connectivity index (χ2v) is 30.7. The number of carbonyl (C=O) groups is 4. The minimum Gasteiger partial charge on any atom is -0.462 e. The summed E-state index contributed by atoms with van der Waals surface area (Å²) in [5.74, 6) is 0.0629. The van der Waals surface area contributed by atoms with Crippen molar-refractivity contribution in [2.75, 3.05) is 39.6 Å². The van der Waals surface area contributed by atoms with Crippen molar-refractivity contribution in [2.24, 2.45) is 17.8 Å². The highest BCUT2D eigenvalue weighted by molar-refractivity contribution is 7.47. The molecule has 0 aliphatic rings. The summed E-state index contributed by atoms with van der Waals surface area (Å²) >= 11 is 0. The van der Waals surface area contributed by atoms with Crippen molar-refractivity contribution in [1.29, 1.82) is 0 Å². The predicted molar refractivity (Wildman–Crippen MR) is 372 cm³/mol. The van der Waals surface area contributed by atoms with Crippen LogP contribution in [0, 0.1) is 17.8 Å². The minimum atomic E-state index is -4.96. The van der Waals surface area contributed by atoms with Crippen LogP contribution in [0.15, 0.2) is 0 Å². The van der Waals surface area contributed by atoms with Crippen molar-refractivity contribution in [1.82, 2.24) is 0 Å². The van der Waals surface area contributed by atoms with E-state index >= 15 is 0 Å². The maximum absolute atomic E-state index is 13.1. The fraction of sp³-hybridized carbons (Fsp3) is 0.945. The topological polar surface area (TPSA) is 237 Å². The zero-order chi connectivity index (χ0) is 68.0. The van der Waals surface area contributed by atoms with Crippen LogP contribution in [0.5, 0.6) is 0 Å². The van der Waals surface area contributed by atoms with Crippen molar-refractivity contribution >= 4 is 39.5 Å². The Morgan fingerprint density at radius 3 is 0.739 bits per heavy atom. The van der Waals surface area contributed by atoms with Crippen molar-refractivity contribution in [3.8, 4) is 0 Å². The number of ether oxygens (including phenoxy) is 4.